The first kappa shape index (κ1) is 51.5. The number of aromatic nitrogens is 4. The maximum absolute atomic E-state index is 14.4. The van der Waals surface area contributed by atoms with Crippen LogP contribution in [0.4, 0.5) is 23.8 Å². The second-order valence-electron chi connectivity index (χ2n) is 21.3. The predicted molar refractivity (Wildman–Crippen MR) is 255 cm³/mol. The molecule has 0 spiro atoms. The van der Waals surface area contributed by atoms with Crippen molar-refractivity contribution in [1.82, 2.24) is 24.5 Å². The Balaban J connectivity index is 1.70. The van der Waals surface area contributed by atoms with E-state index in [4.69, 9.17) is 29.0 Å². The number of carbonyl (C=O) groups is 1. The Labute approximate surface area is 382 Å². The number of rotatable bonds is 18. The van der Waals surface area contributed by atoms with Gasteiger partial charge in [-0.2, -0.15) is 22.8 Å². The van der Waals surface area contributed by atoms with Gasteiger partial charge in [0.2, 0.25) is 5.71 Å². The molecule has 1 amide bonds. The number of anilines is 1. The molecule has 2 aliphatic heterocycles. The zero-order valence-electron chi connectivity index (χ0n) is 40.1. The minimum atomic E-state index is -4.90. The summed E-state index contributed by atoms with van der Waals surface area (Å²) in [7, 11) is -2.88. The summed E-state index contributed by atoms with van der Waals surface area (Å²) in [6.07, 6.45) is 0.593. The van der Waals surface area contributed by atoms with Gasteiger partial charge >= 0.3 is 12.3 Å². The van der Waals surface area contributed by atoms with Crippen molar-refractivity contribution in [3.63, 3.8) is 0 Å². The van der Waals surface area contributed by atoms with E-state index in [0.29, 0.717) is 72.3 Å². The SMILES string of the molecule is C=C(OCC)c1c([C@@H]2C[C@H]3CC[C@@H](C2)N3C(=O)OC(C)(C)C)nc2c(-c3ccc(/C(=N/[S+]([O-])C(C)(C)C)C(F)(F)F)nc3)cnn2c1N(COCC[Si](C)(C)C)COCC[Si](C)(C)C. The Hall–Kier alpha value is -3.50. The number of alkyl halides is 3. The number of pyridine rings is 1. The quantitative estimate of drug-likeness (QED) is 0.0302. The number of amides is 1. The Bertz CT molecular complexity index is 2090. The molecule has 0 aliphatic carbocycles. The van der Waals surface area contributed by atoms with Gasteiger partial charge in [0, 0.05) is 64.7 Å². The van der Waals surface area contributed by atoms with E-state index in [9.17, 15) is 22.5 Å². The largest absolute Gasteiger partial charge is 0.591 e. The summed E-state index contributed by atoms with van der Waals surface area (Å²) < 4.78 is 85.2. The third kappa shape index (κ3) is 13.3. The lowest BCUT2D eigenvalue weighted by Gasteiger charge is -2.40. The van der Waals surface area contributed by atoms with E-state index >= 15 is 0 Å². The number of fused-ring (bicyclic) bond motifs is 3. The maximum atomic E-state index is 14.4. The van der Waals surface area contributed by atoms with Gasteiger partial charge in [-0.15, -0.1) is 0 Å². The fraction of sp³-hybridized carbons (Fsp3) is 0.667. The van der Waals surface area contributed by atoms with Gasteiger partial charge in [0.05, 0.1) is 29.8 Å². The van der Waals surface area contributed by atoms with E-state index in [2.05, 4.69) is 55.2 Å². The Morgan fingerprint density at radius 2 is 1.53 bits per heavy atom. The van der Waals surface area contributed by atoms with Crippen LogP contribution in [0, 0.1) is 0 Å². The van der Waals surface area contributed by atoms with Crippen molar-refractivity contribution in [1.29, 1.82) is 0 Å². The number of carbonyl (C=O) groups excluding carboxylic acids is 1. The normalized spacial score (nSPS) is 19.3. The first-order valence-electron chi connectivity index (χ1n) is 22.3. The zero-order chi connectivity index (χ0) is 47.6. The Kier molecular flexibility index (Phi) is 16.2. The Morgan fingerprint density at radius 3 is 2.00 bits per heavy atom. The molecule has 4 atom stereocenters. The van der Waals surface area contributed by atoms with Crippen molar-refractivity contribution < 1.29 is 41.5 Å². The van der Waals surface area contributed by atoms with Crippen molar-refractivity contribution in [3.05, 3.63) is 48.1 Å². The molecule has 0 radical (unpaired) electrons. The molecule has 356 valence electrons. The van der Waals surface area contributed by atoms with Crippen molar-refractivity contribution in [2.24, 2.45) is 4.40 Å². The lowest BCUT2D eigenvalue weighted by atomic mass is 9.85. The van der Waals surface area contributed by atoms with E-state index in [1.165, 1.54) is 18.3 Å². The number of hydrogen-bond donors (Lipinski definition) is 0. The molecular weight excluding hydrogens is 880 g/mol. The van der Waals surface area contributed by atoms with Crippen LogP contribution in [0.15, 0.2) is 35.5 Å². The molecule has 2 fully saturated rings. The van der Waals surface area contributed by atoms with E-state index in [1.807, 2.05) is 37.5 Å². The molecule has 5 rings (SSSR count). The van der Waals surface area contributed by atoms with Crippen LogP contribution in [0.3, 0.4) is 0 Å². The number of halogens is 3. The van der Waals surface area contributed by atoms with Gasteiger partial charge in [-0.25, -0.2) is 9.78 Å². The minimum absolute atomic E-state index is 0.0857. The van der Waals surface area contributed by atoms with E-state index in [1.54, 1.807) is 31.5 Å². The molecule has 19 heteroatoms. The van der Waals surface area contributed by atoms with E-state index in [0.717, 1.165) is 24.9 Å². The lowest BCUT2D eigenvalue weighted by Crippen LogP contribution is -2.48. The van der Waals surface area contributed by atoms with Crippen LogP contribution in [0.25, 0.3) is 22.5 Å². The van der Waals surface area contributed by atoms with Crippen LogP contribution < -0.4 is 4.90 Å². The summed E-state index contributed by atoms with van der Waals surface area (Å²) in [4.78, 5) is 27.1. The third-order valence-corrected chi connectivity index (χ3v) is 15.8. The topological polar surface area (TPSA) is 139 Å². The first-order valence-corrected chi connectivity index (χ1v) is 30.8. The van der Waals surface area contributed by atoms with Crippen LogP contribution >= 0.6 is 0 Å². The smallest absolute Gasteiger partial charge is 0.439 e. The Morgan fingerprint density at radius 1 is 0.953 bits per heavy atom. The van der Waals surface area contributed by atoms with Gasteiger partial charge < -0.3 is 33.3 Å². The summed E-state index contributed by atoms with van der Waals surface area (Å²) in [5.74, 6) is 0.841. The van der Waals surface area contributed by atoms with Crippen LogP contribution in [0.5, 0.6) is 0 Å². The first-order chi connectivity index (χ1) is 29.6. The van der Waals surface area contributed by atoms with Gasteiger partial charge in [0.1, 0.15) is 46.7 Å². The zero-order valence-corrected chi connectivity index (χ0v) is 43.0. The maximum Gasteiger partial charge on any atom is 0.439 e. The molecule has 3 aromatic heterocycles. The highest BCUT2D eigenvalue weighted by atomic mass is 32.2. The lowest BCUT2D eigenvalue weighted by molar-refractivity contribution is -0.0580. The standard InChI is InChI=1S/C45H70F3N7O6SSi2/c1-15-60-30(2)37-38(32-24-33-17-18-34(25-32)54(33)42(56)61-43(3,4)5)51-40-35(31-16-19-36(49-26-31)39(45(46,47)48)52-62(57)44(6,7)8)27-50-55(40)41(37)53(28-58-20-22-63(9,10)11)29-59-21-23-64(12,13)14/h16,19,26-27,32-34H,2,15,17-18,20-25,28-29H2,1,3-14H3/b52-39-/t32-,33-,34+,62?. The number of ether oxygens (including phenoxy) is 4. The molecule has 2 saturated heterocycles. The molecule has 5 heterocycles. The summed E-state index contributed by atoms with van der Waals surface area (Å²) in [6, 6.07) is 4.48. The molecule has 64 heavy (non-hydrogen) atoms. The molecular formula is C45H70F3N7O6SSi2. The number of hydrogen-bond acceptors (Lipinski definition) is 11. The fourth-order valence-electron chi connectivity index (χ4n) is 7.74. The van der Waals surface area contributed by atoms with Crippen LogP contribution in [0.1, 0.15) is 97.0 Å². The van der Waals surface area contributed by atoms with Crippen LogP contribution in [-0.2, 0) is 30.3 Å². The highest BCUT2D eigenvalue weighted by molar-refractivity contribution is 7.91. The van der Waals surface area contributed by atoms with Gasteiger partial charge in [0.25, 0.3) is 0 Å². The summed E-state index contributed by atoms with van der Waals surface area (Å²) in [6.45, 7) is 32.2. The summed E-state index contributed by atoms with van der Waals surface area (Å²) in [5, 5.41) is 4.89. The minimum Gasteiger partial charge on any atom is -0.591 e. The van der Waals surface area contributed by atoms with Crippen molar-refractivity contribution >= 4 is 56.5 Å². The van der Waals surface area contributed by atoms with Crippen LogP contribution in [0.2, 0.25) is 51.4 Å². The molecule has 0 saturated carbocycles. The van der Waals surface area contributed by atoms with Gasteiger partial charge in [-0.3, -0.25) is 4.98 Å². The predicted octanol–water partition coefficient (Wildman–Crippen LogP) is 10.7. The third-order valence-electron chi connectivity index (χ3n) is 11.0. The van der Waals surface area contributed by atoms with Crippen LogP contribution in [-0.4, -0.2) is 119 Å². The monoisotopic (exact) mass is 949 g/mol. The second-order valence-corrected chi connectivity index (χ2v) is 34.4. The summed E-state index contributed by atoms with van der Waals surface area (Å²) >= 11 is -2.18. The van der Waals surface area contributed by atoms with E-state index in [-0.39, 0.29) is 37.6 Å². The molecule has 1 unspecified atom stereocenters. The number of nitrogens with zero attached hydrogens (tertiary/aromatic N) is 7. The molecule has 0 N–H and O–H groups in total. The summed E-state index contributed by atoms with van der Waals surface area (Å²) in [5.41, 5.74) is 0.343. The van der Waals surface area contributed by atoms with Crippen molar-refractivity contribution in [2.75, 3.05) is 38.2 Å². The molecule has 2 bridgehead atoms. The van der Waals surface area contributed by atoms with Gasteiger partial charge in [-0.05, 0) is 92.3 Å². The molecule has 0 aromatic carbocycles. The average Bonchev–Trinajstić information content (AvgIpc) is 3.70. The fourth-order valence-corrected chi connectivity index (χ4v) is 9.89. The van der Waals surface area contributed by atoms with E-state index < -0.39 is 55.4 Å². The van der Waals surface area contributed by atoms with Crippen molar-refractivity contribution in [2.45, 2.75) is 160 Å². The molecule has 3 aromatic rings. The average molecular weight is 950 g/mol. The highest BCUT2D eigenvalue weighted by Crippen LogP contribution is 2.47. The molecule has 13 nitrogen and oxygen atoms in total. The molecule has 2 aliphatic rings. The highest BCUT2D eigenvalue weighted by Gasteiger charge is 2.47. The van der Waals surface area contributed by atoms with Gasteiger partial charge in [-0.1, -0.05) is 56.3 Å². The number of piperidine rings is 1. The van der Waals surface area contributed by atoms with Crippen molar-refractivity contribution in [3.8, 4) is 11.1 Å². The second kappa shape index (κ2) is 20.2. The van der Waals surface area contributed by atoms with Gasteiger partial charge in [0.15, 0.2) is 5.65 Å².